The first-order valence-corrected chi connectivity index (χ1v) is 9.43. The summed E-state index contributed by atoms with van der Waals surface area (Å²) < 4.78 is 0. The van der Waals surface area contributed by atoms with Gasteiger partial charge in [-0.2, -0.15) is 0 Å². The Kier molecular flexibility index (Phi) is 3.33. The minimum Gasteiger partial charge on any atom is -0.389 e. The van der Waals surface area contributed by atoms with Crippen molar-refractivity contribution in [2.45, 2.75) is 76.9 Å². The quantitative estimate of drug-likeness (QED) is 0.529. The molecule has 2 heteroatoms. The number of allylic oxidation sites excluding steroid dienone is 1. The SMILES string of the molecule is C#CC1(O)CCC2C3CCC4=CC(O)CCC4(C)C3CCC21C. The van der Waals surface area contributed by atoms with Crippen molar-refractivity contribution >= 4 is 0 Å². The second-order valence-electron chi connectivity index (χ2n) is 9.13. The molecule has 4 aliphatic carbocycles. The molecule has 0 spiro atoms. The van der Waals surface area contributed by atoms with Crippen LogP contribution in [0.15, 0.2) is 11.6 Å². The van der Waals surface area contributed by atoms with Crippen molar-refractivity contribution in [1.82, 2.24) is 0 Å². The van der Waals surface area contributed by atoms with Gasteiger partial charge in [0.1, 0.15) is 5.60 Å². The smallest absolute Gasteiger partial charge is 0.130 e. The molecule has 0 amide bonds. The van der Waals surface area contributed by atoms with Gasteiger partial charge in [0.05, 0.1) is 6.10 Å². The topological polar surface area (TPSA) is 40.5 Å². The molecule has 0 heterocycles. The van der Waals surface area contributed by atoms with Gasteiger partial charge >= 0.3 is 0 Å². The van der Waals surface area contributed by atoms with Gasteiger partial charge in [0.2, 0.25) is 0 Å². The van der Waals surface area contributed by atoms with Crippen LogP contribution in [-0.4, -0.2) is 21.9 Å². The Morgan fingerprint density at radius 3 is 2.57 bits per heavy atom. The number of terminal acetylenes is 1. The molecule has 4 aliphatic rings. The molecule has 0 bridgehead atoms. The van der Waals surface area contributed by atoms with Gasteiger partial charge in [-0.1, -0.05) is 31.4 Å². The molecule has 0 aromatic rings. The van der Waals surface area contributed by atoms with E-state index in [1.807, 2.05) is 0 Å². The van der Waals surface area contributed by atoms with E-state index in [1.165, 1.54) is 18.4 Å². The van der Waals surface area contributed by atoms with Crippen LogP contribution in [0.25, 0.3) is 0 Å². The van der Waals surface area contributed by atoms with E-state index in [0.29, 0.717) is 17.8 Å². The van der Waals surface area contributed by atoms with Gasteiger partial charge < -0.3 is 10.2 Å². The standard InChI is InChI=1S/C21H30O2/c1-4-21(23)12-9-18-16-6-5-14-13-15(22)7-10-19(14,2)17(16)8-11-20(18,21)3/h1,13,15-18,22-23H,5-12H2,2-3H3. The molecule has 0 aromatic heterocycles. The molecular weight excluding hydrogens is 284 g/mol. The van der Waals surface area contributed by atoms with E-state index < -0.39 is 5.60 Å². The molecule has 3 fully saturated rings. The van der Waals surface area contributed by atoms with Crippen LogP contribution in [0.5, 0.6) is 0 Å². The van der Waals surface area contributed by atoms with Crippen molar-refractivity contribution in [1.29, 1.82) is 0 Å². The first-order chi connectivity index (χ1) is 10.8. The Morgan fingerprint density at radius 2 is 1.83 bits per heavy atom. The third-order valence-electron chi connectivity index (χ3n) is 8.48. The first-order valence-electron chi connectivity index (χ1n) is 9.43. The maximum atomic E-state index is 11.0. The predicted molar refractivity (Wildman–Crippen MR) is 91.5 cm³/mol. The lowest BCUT2D eigenvalue weighted by Gasteiger charge is -2.59. The summed E-state index contributed by atoms with van der Waals surface area (Å²) in [6.07, 6.45) is 16.1. The van der Waals surface area contributed by atoms with Crippen molar-refractivity contribution in [3.63, 3.8) is 0 Å². The van der Waals surface area contributed by atoms with Crippen LogP contribution in [0.3, 0.4) is 0 Å². The Hall–Kier alpha value is -0.780. The molecule has 0 aromatic carbocycles. The molecule has 126 valence electrons. The van der Waals surface area contributed by atoms with Gasteiger partial charge in [-0.3, -0.25) is 0 Å². The number of aliphatic hydroxyl groups is 2. The fourth-order valence-electron chi connectivity index (χ4n) is 6.96. The Labute approximate surface area is 140 Å². The predicted octanol–water partition coefficient (Wildman–Crippen LogP) is 3.67. The van der Waals surface area contributed by atoms with Crippen LogP contribution in [0.1, 0.15) is 65.2 Å². The molecule has 7 unspecified atom stereocenters. The van der Waals surface area contributed by atoms with E-state index in [4.69, 9.17) is 6.42 Å². The van der Waals surface area contributed by atoms with Crippen molar-refractivity contribution in [3.8, 4) is 12.3 Å². The highest BCUT2D eigenvalue weighted by molar-refractivity contribution is 5.28. The summed E-state index contributed by atoms with van der Waals surface area (Å²) >= 11 is 0. The zero-order valence-electron chi connectivity index (χ0n) is 14.5. The fraction of sp³-hybridized carbons (Fsp3) is 0.810. The Bertz CT molecular complexity index is 587. The fourth-order valence-corrected chi connectivity index (χ4v) is 6.96. The van der Waals surface area contributed by atoms with E-state index in [1.54, 1.807) is 0 Å². The maximum absolute atomic E-state index is 11.0. The lowest BCUT2D eigenvalue weighted by atomic mass is 9.46. The molecule has 0 saturated heterocycles. The minimum absolute atomic E-state index is 0.103. The second kappa shape index (κ2) is 4.87. The number of hydrogen-bond acceptors (Lipinski definition) is 2. The van der Waals surface area contributed by atoms with Crippen LogP contribution in [0.4, 0.5) is 0 Å². The molecule has 3 saturated carbocycles. The highest BCUT2D eigenvalue weighted by Gasteiger charge is 2.63. The van der Waals surface area contributed by atoms with Crippen molar-refractivity contribution in [3.05, 3.63) is 11.6 Å². The average molecular weight is 314 g/mol. The highest BCUT2D eigenvalue weighted by Crippen LogP contribution is 2.67. The van der Waals surface area contributed by atoms with Gasteiger partial charge in [-0.25, -0.2) is 0 Å². The van der Waals surface area contributed by atoms with E-state index in [9.17, 15) is 10.2 Å². The average Bonchev–Trinajstić information content (AvgIpc) is 2.80. The Morgan fingerprint density at radius 1 is 1.09 bits per heavy atom. The number of rotatable bonds is 0. The number of hydrogen-bond donors (Lipinski definition) is 2. The third-order valence-corrected chi connectivity index (χ3v) is 8.48. The molecule has 2 nitrogen and oxygen atoms in total. The van der Waals surface area contributed by atoms with Crippen LogP contribution in [-0.2, 0) is 0 Å². The lowest BCUT2D eigenvalue weighted by Crippen LogP contribution is -2.54. The number of aliphatic hydroxyl groups excluding tert-OH is 1. The largest absolute Gasteiger partial charge is 0.389 e. The third kappa shape index (κ3) is 1.90. The molecule has 2 N–H and O–H groups in total. The maximum Gasteiger partial charge on any atom is 0.130 e. The van der Waals surface area contributed by atoms with E-state index in [-0.39, 0.29) is 16.9 Å². The van der Waals surface area contributed by atoms with Crippen LogP contribution in [0, 0.1) is 40.9 Å². The summed E-state index contributed by atoms with van der Waals surface area (Å²) in [6, 6.07) is 0. The summed E-state index contributed by atoms with van der Waals surface area (Å²) in [7, 11) is 0. The van der Waals surface area contributed by atoms with Crippen LogP contribution in [0.2, 0.25) is 0 Å². The summed E-state index contributed by atoms with van der Waals surface area (Å²) in [5.74, 6) is 4.71. The Balaban J connectivity index is 1.69. The van der Waals surface area contributed by atoms with Gasteiger partial charge in [0.25, 0.3) is 0 Å². The van der Waals surface area contributed by atoms with E-state index in [0.717, 1.165) is 38.5 Å². The minimum atomic E-state index is -0.900. The van der Waals surface area contributed by atoms with Gasteiger partial charge in [0, 0.05) is 5.41 Å². The van der Waals surface area contributed by atoms with Gasteiger partial charge in [-0.05, 0) is 74.5 Å². The summed E-state index contributed by atoms with van der Waals surface area (Å²) in [5.41, 5.74) is 0.767. The summed E-state index contributed by atoms with van der Waals surface area (Å²) in [6.45, 7) is 4.69. The van der Waals surface area contributed by atoms with Gasteiger partial charge in [0.15, 0.2) is 0 Å². The van der Waals surface area contributed by atoms with Crippen molar-refractivity contribution in [2.75, 3.05) is 0 Å². The first kappa shape index (κ1) is 15.7. The second-order valence-corrected chi connectivity index (χ2v) is 9.13. The molecule has 0 radical (unpaired) electrons. The monoisotopic (exact) mass is 314 g/mol. The normalized spacial score (nSPS) is 55.2. The van der Waals surface area contributed by atoms with Gasteiger partial charge in [-0.15, -0.1) is 6.42 Å². The number of fused-ring (bicyclic) bond motifs is 5. The lowest BCUT2D eigenvalue weighted by molar-refractivity contribution is -0.101. The van der Waals surface area contributed by atoms with E-state index >= 15 is 0 Å². The molecule has 23 heavy (non-hydrogen) atoms. The molecule has 7 atom stereocenters. The van der Waals surface area contributed by atoms with Crippen molar-refractivity contribution in [2.24, 2.45) is 28.6 Å². The van der Waals surface area contributed by atoms with Crippen molar-refractivity contribution < 1.29 is 10.2 Å². The van der Waals surface area contributed by atoms with E-state index in [2.05, 4.69) is 25.8 Å². The van der Waals surface area contributed by atoms with Crippen LogP contribution < -0.4 is 0 Å². The van der Waals surface area contributed by atoms with Crippen LogP contribution >= 0.6 is 0 Å². The summed E-state index contributed by atoms with van der Waals surface area (Å²) in [4.78, 5) is 0. The summed E-state index contributed by atoms with van der Waals surface area (Å²) in [5, 5.41) is 21.0. The zero-order valence-corrected chi connectivity index (χ0v) is 14.5. The molecular formula is C21H30O2. The molecule has 4 rings (SSSR count). The molecule has 0 aliphatic heterocycles. The zero-order chi connectivity index (χ0) is 16.5. The highest BCUT2D eigenvalue weighted by atomic mass is 16.3.